The molecule has 0 aliphatic heterocycles. The van der Waals surface area contributed by atoms with E-state index in [2.05, 4.69) is 9.97 Å². The van der Waals surface area contributed by atoms with Crippen LogP contribution in [0, 0.1) is 6.92 Å². The second-order valence-corrected chi connectivity index (χ2v) is 2.69. The van der Waals surface area contributed by atoms with Gasteiger partial charge in [-0.1, -0.05) is 9.97 Å². The summed E-state index contributed by atoms with van der Waals surface area (Å²) in [7, 11) is 0. The summed E-state index contributed by atoms with van der Waals surface area (Å²) in [5, 5.41) is 0. The molecular weight excluding hydrogens is 336 g/mol. The van der Waals surface area contributed by atoms with Crippen molar-refractivity contribution in [2.45, 2.75) is 19.3 Å². The maximum Gasteiger partial charge on any atom is 0.485 e. The minimum atomic E-state index is -5.33. The van der Waals surface area contributed by atoms with Crippen molar-refractivity contribution in [3.63, 3.8) is 0 Å². The zero-order valence-electron chi connectivity index (χ0n) is 8.06. The Morgan fingerprint density at radius 2 is 1.41 bits per heavy atom. The van der Waals surface area contributed by atoms with Crippen molar-refractivity contribution in [2.75, 3.05) is 0 Å². The van der Waals surface area contributed by atoms with E-state index in [0.29, 0.717) is 6.92 Å². The van der Waals surface area contributed by atoms with Crippen LogP contribution in [0.15, 0.2) is 0 Å². The Morgan fingerprint density at radius 1 is 0.941 bits per heavy atom. The van der Waals surface area contributed by atoms with Crippen LogP contribution < -0.4 is 4.79 Å². The second-order valence-electron chi connectivity index (χ2n) is 2.69. The first-order chi connectivity index (χ1) is 7.03. The molecule has 0 atom stereocenters. The summed E-state index contributed by atoms with van der Waals surface area (Å²) >= 11 is 0. The fourth-order valence-corrected chi connectivity index (χ4v) is 0.821. The predicted molar refractivity (Wildman–Crippen MR) is 33.5 cm³/mol. The molecular formula is C6H3F7N3Y+. The van der Waals surface area contributed by atoms with Crippen molar-refractivity contribution < 1.29 is 68.3 Å². The minimum absolute atomic E-state index is 0. The molecule has 1 aromatic rings. The van der Waals surface area contributed by atoms with Gasteiger partial charge < -0.3 is 0 Å². The van der Waals surface area contributed by atoms with Crippen LogP contribution in [0.3, 0.4) is 0 Å². The molecule has 0 aliphatic rings. The monoisotopic (exact) mass is 339 g/mol. The number of nitrogens with zero attached hydrogens (tertiary/aromatic N) is 3. The molecule has 17 heavy (non-hydrogen) atoms. The normalized spacial score (nSPS) is 12.2. The molecule has 11 heteroatoms. The van der Waals surface area contributed by atoms with E-state index in [-0.39, 0.29) is 32.7 Å². The van der Waals surface area contributed by atoms with Crippen LogP contribution in [-0.4, -0.2) is 9.97 Å². The number of rotatable bonds is 0. The van der Waals surface area contributed by atoms with Gasteiger partial charge in [0.2, 0.25) is 0 Å². The first-order valence-electron chi connectivity index (χ1n) is 3.64. The van der Waals surface area contributed by atoms with E-state index in [4.69, 9.17) is 0 Å². The Bertz CT molecular complexity index is 413. The van der Waals surface area contributed by atoms with Gasteiger partial charge in [-0.2, -0.15) is 26.3 Å². The van der Waals surface area contributed by atoms with Gasteiger partial charge in [-0.3, -0.25) is 0 Å². The number of halogens is 7. The Morgan fingerprint density at radius 3 is 1.76 bits per heavy atom. The van der Waals surface area contributed by atoms with Crippen LogP contribution in [0.25, 0.3) is 0 Å². The van der Waals surface area contributed by atoms with Crippen LogP contribution in [0.1, 0.15) is 17.5 Å². The van der Waals surface area contributed by atoms with Crippen LogP contribution >= 0.6 is 0 Å². The summed E-state index contributed by atoms with van der Waals surface area (Å²) in [5.41, 5.74) is 0. The van der Waals surface area contributed by atoms with E-state index in [1.807, 2.05) is 0 Å². The molecule has 0 spiro atoms. The Kier molecular flexibility index (Phi) is 4.98. The summed E-state index contributed by atoms with van der Waals surface area (Å²) in [6.45, 7) is 0.659. The smallest absolute Gasteiger partial charge is 0.161 e. The Hall–Kier alpha value is -0.376. The van der Waals surface area contributed by atoms with Gasteiger partial charge in [-0.15, -0.1) is 0 Å². The Balaban J connectivity index is 0.00000256. The first kappa shape index (κ1) is 16.6. The van der Waals surface area contributed by atoms with Gasteiger partial charge in [-0.05, 0) is 9.27 Å². The van der Waals surface area contributed by atoms with Gasteiger partial charge >= 0.3 is 24.0 Å². The van der Waals surface area contributed by atoms with Gasteiger partial charge in [0.15, 0.2) is 0 Å². The number of hydrogen-bond acceptors (Lipinski definition) is 2. The van der Waals surface area contributed by atoms with Crippen molar-refractivity contribution in [2.24, 2.45) is 0 Å². The summed E-state index contributed by atoms with van der Waals surface area (Å²) in [6.07, 6.45) is -10.5. The van der Waals surface area contributed by atoms with Crippen LogP contribution in [0.2, 0.25) is 0 Å². The topological polar surface area (TPSA) is 29.7 Å². The maximum atomic E-state index is 12.8. The average Bonchev–Trinajstić information content (AvgIpc) is 2.05. The molecule has 1 rings (SSSR count). The van der Waals surface area contributed by atoms with Gasteiger partial charge in [0.25, 0.3) is 5.82 Å². The van der Waals surface area contributed by atoms with Crippen LogP contribution in [-0.2, 0) is 45.1 Å². The van der Waals surface area contributed by atoms with Gasteiger partial charge in [0.05, 0.1) is 0 Å². The third-order valence-corrected chi connectivity index (χ3v) is 1.46. The van der Waals surface area contributed by atoms with Crippen LogP contribution in [0.5, 0.6) is 0 Å². The average molecular weight is 339 g/mol. The molecule has 1 aromatic heterocycles. The molecule has 1 heterocycles. The number of aryl methyl sites for hydroxylation is 1. The standard InChI is InChI=1S/C6H3F7N3.Y/c1-2-14-3(5(7,8)9)15-4(16(2)13)6(10,11)12;/h1H3;/q+1;. The zero-order chi connectivity index (χ0) is 12.7. The number of hydrogen-bond donors (Lipinski definition) is 0. The number of alkyl halides is 6. The van der Waals surface area contributed by atoms with Crippen LogP contribution in [0.4, 0.5) is 30.8 Å². The minimum Gasteiger partial charge on any atom is -0.161 e. The molecule has 0 saturated heterocycles. The SMILES string of the molecule is Cc1nc(C(F)(F)F)nc(C(F)(F)F)[n+]1F.[Y]. The summed E-state index contributed by atoms with van der Waals surface area (Å²) in [5.74, 6) is -5.42. The molecule has 93 valence electrons. The molecule has 0 aliphatic carbocycles. The fourth-order valence-electron chi connectivity index (χ4n) is 0.821. The van der Waals surface area contributed by atoms with Gasteiger partial charge in [0, 0.05) is 39.6 Å². The second kappa shape index (κ2) is 5.09. The van der Waals surface area contributed by atoms with Crippen molar-refractivity contribution in [1.29, 1.82) is 0 Å². The quantitative estimate of drug-likeness (QED) is 0.676. The molecule has 0 bridgehead atoms. The van der Waals surface area contributed by atoms with E-state index in [1.54, 1.807) is 0 Å². The maximum absolute atomic E-state index is 12.8. The predicted octanol–water partition coefficient (Wildman–Crippen LogP) is 1.84. The molecule has 0 unspecified atom stereocenters. The molecule has 1 radical (unpaired) electrons. The summed E-state index contributed by atoms with van der Waals surface area (Å²) in [6, 6.07) is 0. The molecule has 0 saturated carbocycles. The van der Waals surface area contributed by atoms with E-state index in [1.165, 1.54) is 0 Å². The molecule has 3 nitrogen and oxygen atoms in total. The Labute approximate surface area is 115 Å². The fraction of sp³-hybridized carbons (Fsp3) is 0.500. The van der Waals surface area contributed by atoms with E-state index in [0.717, 1.165) is 0 Å². The summed E-state index contributed by atoms with van der Waals surface area (Å²) in [4.78, 5) is 3.63. The van der Waals surface area contributed by atoms with Crippen molar-refractivity contribution in [3.05, 3.63) is 17.5 Å². The van der Waals surface area contributed by atoms with Crippen molar-refractivity contribution in [3.8, 4) is 0 Å². The van der Waals surface area contributed by atoms with Gasteiger partial charge in [0.1, 0.15) is 0 Å². The van der Waals surface area contributed by atoms with Crippen molar-refractivity contribution >= 4 is 0 Å². The molecule has 0 N–H and O–H groups in total. The van der Waals surface area contributed by atoms with E-state index >= 15 is 0 Å². The molecule has 0 aromatic carbocycles. The third-order valence-electron chi connectivity index (χ3n) is 1.46. The van der Waals surface area contributed by atoms with E-state index in [9.17, 15) is 30.8 Å². The third kappa shape index (κ3) is 3.80. The van der Waals surface area contributed by atoms with E-state index < -0.39 is 34.6 Å². The first-order valence-corrected chi connectivity index (χ1v) is 3.64. The summed E-state index contributed by atoms with van der Waals surface area (Å²) < 4.78 is 85.1. The molecule has 0 amide bonds. The number of aromatic nitrogens is 3. The largest absolute Gasteiger partial charge is 0.485 e. The molecule has 0 fully saturated rings. The van der Waals surface area contributed by atoms with Gasteiger partial charge in [-0.25, -0.2) is 0 Å². The van der Waals surface area contributed by atoms with Crippen molar-refractivity contribution in [1.82, 2.24) is 9.97 Å². The zero-order valence-corrected chi connectivity index (χ0v) is 10.9.